The number of rotatable bonds is 2. The second-order valence-corrected chi connectivity index (χ2v) is 3.28. The lowest BCUT2D eigenvalue weighted by atomic mass is 9.85. The summed E-state index contributed by atoms with van der Waals surface area (Å²) in [5, 5.41) is 47.6. The predicted molar refractivity (Wildman–Crippen MR) is 43.1 cm³/mol. The molecule has 1 amide bonds. The SMILES string of the molecule is O=C1N[C@H](CO)[C@@H](O)[C@H](O)[C@@]1(O)CO. The van der Waals surface area contributed by atoms with Crippen molar-refractivity contribution in [1.82, 2.24) is 5.32 Å². The highest BCUT2D eigenvalue weighted by atomic mass is 16.4. The van der Waals surface area contributed by atoms with Gasteiger partial charge < -0.3 is 30.8 Å². The molecule has 0 spiro atoms. The lowest BCUT2D eigenvalue weighted by molar-refractivity contribution is -0.191. The van der Waals surface area contributed by atoms with E-state index in [1.807, 2.05) is 0 Å². The maximum absolute atomic E-state index is 11.2. The maximum atomic E-state index is 11.2. The molecule has 0 aromatic rings. The number of hydrogen-bond donors (Lipinski definition) is 6. The molecule has 0 radical (unpaired) electrons. The molecule has 1 fully saturated rings. The minimum absolute atomic E-state index is 0.564. The lowest BCUT2D eigenvalue weighted by Crippen LogP contribution is -2.71. The quantitative estimate of drug-likeness (QED) is 0.273. The van der Waals surface area contributed by atoms with Gasteiger partial charge in [0.2, 0.25) is 0 Å². The van der Waals surface area contributed by atoms with Crippen LogP contribution in [0.15, 0.2) is 0 Å². The first-order chi connectivity index (χ1) is 6.47. The number of carbonyl (C=O) groups excluding carboxylic acids is 1. The van der Waals surface area contributed by atoms with Gasteiger partial charge in [-0.25, -0.2) is 0 Å². The van der Waals surface area contributed by atoms with Crippen molar-refractivity contribution in [3.05, 3.63) is 0 Å². The Balaban J connectivity index is 2.90. The van der Waals surface area contributed by atoms with Crippen LogP contribution in [0.5, 0.6) is 0 Å². The van der Waals surface area contributed by atoms with E-state index in [1.54, 1.807) is 0 Å². The van der Waals surface area contributed by atoms with E-state index in [9.17, 15) is 20.1 Å². The average molecular weight is 207 g/mol. The molecule has 7 nitrogen and oxygen atoms in total. The summed E-state index contributed by atoms with van der Waals surface area (Å²) in [5.74, 6) is -1.02. The molecule has 82 valence electrons. The summed E-state index contributed by atoms with van der Waals surface area (Å²) in [6, 6.07) is -1.04. The predicted octanol–water partition coefficient (Wildman–Crippen LogP) is -4.08. The van der Waals surface area contributed by atoms with Crippen LogP contribution in [0.2, 0.25) is 0 Å². The third-order valence-electron chi connectivity index (χ3n) is 2.37. The third-order valence-corrected chi connectivity index (χ3v) is 2.37. The molecule has 14 heavy (non-hydrogen) atoms. The molecule has 0 aromatic heterocycles. The van der Waals surface area contributed by atoms with Crippen molar-refractivity contribution in [3.8, 4) is 0 Å². The molecule has 1 aliphatic heterocycles. The molecule has 1 aliphatic rings. The highest BCUT2D eigenvalue weighted by Gasteiger charge is 2.53. The zero-order valence-electron chi connectivity index (χ0n) is 7.29. The van der Waals surface area contributed by atoms with E-state index < -0.39 is 43.0 Å². The summed E-state index contributed by atoms with van der Waals surface area (Å²) in [6.07, 6.45) is -3.34. The molecule has 0 unspecified atom stereocenters. The highest BCUT2D eigenvalue weighted by Crippen LogP contribution is 2.21. The summed E-state index contributed by atoms with van der Waals surface area (Å²) in [7, 11) is 0. The fourth-order valence-corrected chi connectivity index (χ4v) is 1.33. The molecule has 1 heterocycles. The van der Waals surface area contributed by atoms with E-state index in [0.29, 0.717) is 0 Å². The van der Waals surface area contributed by atoms with Crippen LogP contribution < -0.4 is 5.32 Å². The summed E-state index contributed by atoms with van der Waals surface area (Å²) in [6.45, 7) is -1.57. The number of nitrogens with one attached hydrogen (secondary N) is 1. The molecule has 4 atom stereocenters. The van der Waals surface area contributed by atoms with Crippen molar-refractivity contribution in [2.45, 2.75) is 23.9 Å². The Labute approximate surface area is 79.6 Å². The Bertz CT molecular complexity index is 234. The molecule has 0 aromatic carbocycles. The largest absolute Gasteiger partial charge is 0.394 e. The summed E-state index contributed by atoms with van der Waals surface area (Å²) in [5.41, 5.74) is -2.41. The van der Waals surface area contributed by atoms with Crippen molar-refractivity contribution in [3.63, 3.8) is 0 Å². The Kier molecular flexibility index (Phi) is 3.07. The Hall–Kier alpha value is -0.730. The third kappa shape index (κ3) is 1.49. The second-order valence-electron chi connectivity index (χ2n) is 3.28. The number of piperidine rings is 1. The fraction of sp³-hybridized carbons (Fsp3) is 0.857. The first-order valence-electron chi connectivity index (χ1n) is 4.08. The van der Waals surface area contributed by atoms with Gasteiger partial charge in [-0.2, -0.15) is 0 Å². The normalized spacial score (nSPS) is 43.5. The summed E-state index contributed by atoms with van der Waals surface area (Å²) in [4.78, 5) is 11.2. The molecule has 0 saturated carbocycles. The van der Waals surface area contributed by atoms with Crippen molar-refractivity contribution in [2.75, 3.05) is 13.2 Å². The minimum atomic E-state index is -2.41. The van der Waals surface area contributed by atoms with E-state index in [1.165, 1.54) is 0 Å². The molecule has 7 heteroatoms. The lowest BCUT2D eigenvalue weighted by Gasteiger charge is -2.41. The van der Waals surface area contributed by atoms with Gasteiger partial charge in [0.15, 0.2) is 5.60 Å². The zero-order valence-corrected chi connectivity index (χ0v) is 7.29. The highest BCUT2D eigenvalue weighted by molar-refractivity contribution is 5.87. The van der Waals surface area contributed by atoms with Gasteiger partial charge in [0.1, 0.15) is 12.2 Å². The average Bonchev–Trinajstić information content (AvgIpc) is 2.20. The van der Waals surface area contributed by atoms with E-state index in [2.05, 4.69) is 5.32 Å². The number of hydrogen-bond acceptors (Lipinski definition) is 6. The maximum Gasteiger partial charge on any atom is 0.257 e. The standard InChI is InChI=1S/C7H13NO6/c9-1-3-4(11)5(12)7(14,2-10)6(13)8-3/h3-5,9-12,14H,1-2H2,(H,8,13)/t3-,4-,5+,7+/m1/s1. The summed E-state index contributed by atoms with van der Waals surface area (Å²) >= 11 is 0. The second kappa shape index (κ2) is 3.79. The van der Waals surface area contributed by atoms with Crippen LogP contribution in [-0.4, -0.2) is 68.5 Å². The van der Waals surface area contributed by atoms with Crippen molar-refractivity contribution in [1.29, 1.82) is 0 Å². The van der Waals surface area contributed by atoms with Gasteiger partial charge in [-0.05, 0) is 0 Å². The molecule has 1 saturated heterocycles. The smallest absolute Gasteiger partial charge is 0.257 e. The zero-order chi connectivity index (χ0) is 10.9. The van der Waals surface area contributed by atoms with Gasteiger partial charge in [0.25, 0.3) is 5.91 Å². The van der Waals surface area contributed by atoms with Crippen LogP contribution in [0.1, 0.15) is 0 Å². The Morgan fingerprint density at radius 1 is 1.36 bits per heavy atom. The van der Waals surface area contributed by atoms with Crippen LogP contribution in [0.3, 0.4) is 0 Å². The molecular formula is C7H13NO6. The number of carbonyl (C=O) groups is 1. The fourth-order valence-electron chi connectivity index (χ4n) is 1.33. The minimum Gasteiger partial charge on any atom is -0.394 e. The van der Waals surface area contributed by atoms with Crippen molar-refractivity contribution in [2.24, 2.45) is 0 Å². The van der Waals surface area contributed by atoms with Gasteiger partial charge in [0.05, 0.1) is 19.3 Å². The van der Waals surface area contributed by atoms with E-state index in [0.717, 1.165) is 0 Å². The molecule has 1 rings (SSSR count). The van der Waals surface area contributed by atoms with E-state index in [4.69, 9.17) is 10.2 Å². The first kappa shape index (κ1) is 11.3. The van der Waals surface area contributed by atoms with Crippen LogP contribution in [-0.2, 0) is 4.79 Å². The van der Waals surface area contributed by atoms with Crippen LogP contribution >= 0.6 is 0 Å². The Morgan fingerprint density at radius 3 is 2.36 bits per heavy atom. The molecule has 0 aliphatic carbocycles. The van der Waals surface area contributed by atoms with E-state index >= 15 is 0 Å². The molecule has 0 bridgehead atoms. The van der Waals surface area contributed by atoms with Crippen molar-refractivity contribution < 1.29 is 30.3 Å². The number of aliphatic hydroxyl groups excluding tert-OH is 4. The Morgan fingerprint density at radius 2 is 1.93 bits per heavy atom. The number of aliphatic hydroxyl groups is 5. The van der Waals surface area contributed by atoms with Crippen molar-refractivity contribution >= 4 is 5.91 Å². The van der Waals surface area contributed by atoms with E-state index in [-0.39, 0.29) is 0 Å². The molecule has 6 N–H and O–H groups in total. The number of amides is 1. The van der Waals surface area contributed by atoms with Crippen LogP contribution in [0, 0.1) is 0 Å². The summed E-state index contributed by atoms with van der Waals surface area (Å²) < 4.78 is 0. The van der Waals surface area contributed by atoms with Crippen LogP contribution in [0.25, 0.3) is 0 Å². The van der Waals surface area contributed by atoms with Gasteiger partial charge in [-0.15, -0.1) is 0 Å². The van der Waals surface area contributed by atoms with Gasteiger partial charge >= 0.3 is 0 Å². The first-order valence-corrected chi connectivity index (χ1v) is 4.08. The monoisotopic (exact) mass is 207 g/mol. The van der Waals surface area contributed by atoms with Gasteiger partial charge in [0, 0.05) is 0 Å². The van der Waals surface area contributed by atoms with Gasteiger partial charge in [-0.1, -0.05) is 0 Å². The molecular weight excluding hydrogens is 194 g/mol. The van der Waals surface area contributed by atoms with Crippen LogP contribution in [0.4, 0.5) is 0 Å². The van der Waals surface area contributed by atoms with Gasteiger partial charge in [-0.3, -0.25) is 4.79 Å². The topological polar surface area (TPSA) is 130 Å².